The van der Waals surface area contributed by atoms with Crippen molar-refractivity contribution in [1.82, 2.24) is 4.90 Å². The molecule has 0 unspecified atom stereocenters. The average molecular weight is 282 g/mol. The third kappa shape index (κ3) is 4.17. The molecule has 0 radical (unpaired) electrons. The molecule has 110 valence electrons. The largest absolute Gasteiger partial charge is 0.314 e. The predicted octanol–water partition coefficient (Wildman–Crippen LogP) is 3.09. The van der Waals surface area contributed by atoms with Gasteiger partial charge in [-0.2, -0.15) is 0 Å². The Morgan fingerprint density at radius 1 is 0.952 bits per heavy atom. The highest BCUT2D eigenvalue weighted by molar-refractivity contribution is 5.94. The molecule has 21 heavy (non-hydrogen) atoms. The number of aryl methyl sites for hydroxylation is 1. The van der Waals surface area contributed by atoms with Gasteiger partial charge in [-0.05, 0) is 37.2 Å². The van der Waals surface area contributed by atoms with Crippen LogP contribution in [0.1, 0.15) is 11.1 Å². The molecule has 0 saturated carbocycles. The molecule has 2 aromatic rings. The van der Waals surface area contributed by atoms with Gasteiger partial charge in [-0.25, -0.2) is 0 Å². The second kappa shape index (κ2) is 7.04. The zero-order valence-electron chi connectivity index (χ0n) is 12.9. The molecule has 3 nitrogen and oxygen atoms in total. The van der Waals surface area contributed by atoms with E-state index in [4.69, 9.17) is 0 Å². The molecule has 0 spiro atoms. The molecule has 0 aromatic heterocycles. The SMILES string of the molecule is Cc1ccccc1CN(C)CC(=O)N(C)c1ccccc1. The first-order chi connectivity index (χ1) is 10.1. The van der Waals surface area contributed by atoms with Crippen molar-refractivity contribution in [3.63, 3.8) is 0 Å². The molecule has 2 aromatic carbocycles. The Hall–Kier alpha value is -2.13. The van der Waals surface area contributed by atoms with Crippen molar-refractivity contribution in [3.05, 3.63) is 65.7 Å². The fourth-order valence-electron chi connectivity index (χ4n) is 2.27. The summed E-state index contributed by atoms with van der Waals surface area (Å²) >= 11 is 0. The Morgan fingerprint density at radius 3 is 2.24 bits per heavy atom. The van der Waals surface area contributed by atoms with Crippen LogP contribution in [-0.2, 0) is 11.3 Å². The maximum Gasteiger partial charge on any atom is 0.240 e. The number of carbonyl (C=O) groups is 1. The van der Waals surface area contributed by atoms with Gasteiger partial charge in [-0.1, -0.05) is 42.5 Å². The standard InChI is InChI=1S/C18H22N2O/c1-15-9-7-8-10-16(15)13-19(2)14-18(21)20(3)17-11-5-4-6-12-17/h4-12H,13-14H2,1-3H3. The van der Waals surface area contributed by atoms with E-state index in [0.717, 1.165) is 12.2 Å². The van der Waals surface area contributed by atoms with Gasteiger partial charge in [0, 0.05) is 19.3 Å². The number of nitrogens with zero attached hydrogens (tertiary/aromatic N) is 2. The zero-order chi connectivity index (χ0) is 15.2. The average Bonchev–Trinajstić information content (AvgIpc) is 2.49. The van der Waals surface area contributed by atoms with Crippen LogP contribution >= 0.6 is 0 Å². The predicted molar refractivity (Wildman–Crippen MR) is 87.4 cm³/mol. The van der Waals surface area contributed by atoms with Gasteiger partial charge in [0.25, 0.3) is 0 Å². The first kappa shape index (κ1) is 15.3. The van der Waals surface area contributed by atoms with Crippen LogP contribution in [0.15, 0.2) is 54.6 Å². The van der Waals surface area contributed by atoms with Crippen LogP contribution in [0.25, 0.3) is 0 Å². The minimum atomic E-state index is 0.0947. The van der Waals surface area contributed by atoms with Gasteiger partial charge in [-0.3, -0.25) is 9.69 Å². The lowest BCUT2D eigenvalue weighted by Gasteiger charge is -2.22. The maximum atomic E-state index is 12.3. The highest BCUT2D eigenvalue weighted by Gasteiger charge is 2.13. The molecule has 1 amide bonds. The van der Waals surface area contributed by atoms with E-state index < -0.39 is 0 Å². The number of benzene rings is 2. The number of amides is 1. The molecule has 3 heteroatoms. The summed E-state index contributed by atoms with van der Waals surface area (Å²) in [6.45, 7) is 3.28. The summed E-state index contributed by atoms with van der Waals surface area (Å²) < 4.78 is 0. The van der Waals surface area contributed by atoms with Crippen molar-refractivity contribution in [2.75, 3.05) is 25.5 Å². The molecule has 0 saturated heterocycles. The highest BCUT2D eigenvalue weighted by Crippen LogP contribution is 2.13. The van der Waals surface area contributed by atoms with E-state index >= 15 is 0 Å². The number of hydrogen-bond donors (Lipinski definition) is 0. The van der Waals surface area contributed by atoms with Gasteiger partial charge in [0.1, 0.15) is 0 Å². The minimum Gasteiger partial charge on any atom is -0.314 e. The quantitative estimate of drug-likeness (QED) is 0.841. The van der Waals surface area contributed by atoms with E-state index in [1.165, 1.54) is 11.1 Å². The second-order valence-corrected chi connectivity index (χ2v) is 5.39. The molecule has 0 aliphatic heterocycles. The Bertz CT molecular complexity index is 595. The van der Waals surface area contributed by atoms with Gasteiger partial charge in [0.15, 0.2) is 0 Å². The molecule has 0 fully saturated rings. The van der Waals surface area contributed by atoms with Gasteiger partial charge < -0.3 is 4.90 Å². The third-order valence-corrected chi connectivity index (χ3v) is 3.62. The Balaban J connectivity index is 1.95. The van der Waals surface area contributed by atoms with E-state index in [0.29, 0.717) is 6.54 Å². The lowest BCUT2D eigenvalue weighted by molar-refractivity contribution is -0.119. The molecule has 0 atom stereocenters. The van der Waals surface area contributed by atoms with Crippen LogP contribution in [0.3, 0.4) is 0 Å². The summed E-state index contributed by atoms with van der Waals surface area (Å²) in [5.41, 5.74) is 3.44. The van der Waals surface area contributed by atoms with Crippen LogP contribution in [0, 0.1) is 6.92 Å². The lowest BCUT2D eigenvalue weighted by atomic mass is 10.1. The summed E-state index contributed by atoms with van der Waals surface area (Å²) in [4.78, 5) is 16.1. The van der Waals surface area contributed by atoms with Crippen LogP contribution < -0.4 is 4.90 Å². The first-order valence-corrected chi connectivity index (χ1v) is 7.12. The maximum absolute atomic E-state index is 12.3. The fraction of sp³-hybridized carbons (Fsp3) is 0.278. The molecular formula is C18H22N2O. The zero-order valence-corrected chi connectivity index (χ0v) is 12.9. The Morgan fingerprint density at radius 2 is 1.57 bits per heavy atom. The van der Waals surface area contributed by atoms with E-state index in [1.807, 2.05) is 61.5 Å². The van der Waals surface area contributed by atoms with Gasteiger partial charge >= 0.3 is 0 Å². The normalized spacial score (nSPS) is 10.7. The minimum absolute atomic E-state index is 0.0947. The summed E-state index contributed by atoms with van der Waals surface area (Å²) in [5, 5.41) is 0. The third-order valence-electron chi connectivity index (χ3n) is 3.62. The molecule has 0 N–H and O–H groups in total. The van der Waals surface area contributed by atoms with Crippen molar-refractivity contribution in [2.45, 2.75) is 13.5 Å². The van der Waals surface area contributed by atoms with Crippen molar-refractivity contribution >= 4 is 11.6 Å². The summed E-state index contributed by atoms with van der Waals surface area (Å²) in [6, 6.07) is 18.0. The topological polar surface area (TPSA) is 23.6 Å². The number of rotatable bonds is 5. The van der Waals surface area contributed by atoms with Gasteiger partial charge in [-0.15, -0.1) is 0 Å². The molecule has 0 aliphatic carbocycles. The molecule has 0 heterocycles. The fourth-order valence-corrected chi connectivity index (χ4v) is 2.27. The number of anilines is 1. The molecule has 0 aliphatic rings. The number of likely N-dealkylation sites (N-methyl/N-ethyl adjacent to an activating group) is 2. The van der Waals surface area contributed by atoms with Crippen molar-refractivity contribution < 1.29 is 4.79 Å². The van der Waals surface area contributed by atoms with Crippen molar-refractivity contribution in [1.29, 1.82) is 0 Å². The van der Waals surface area contributed by atoms with E-state index in [-0.39, 0.29) is 5.91 Å². The van der Waals surface area contributed by atoms with Gasteiger partial charge in [0.05, 0.1) is 6.54 Å². The number of carbonyl (C=O) groups excluding carboxylic acids is 1. The monoisotopic (exact) mass is 282 g/mol. The molecular weight excluding hydrogens is 260 g/mol. The number of para-hydroxylation sites is 1. The van der Waals surface area contributed by atoms with Crippen LogP contribution in [0.5, 0.6) is 0 Å². The van der Waals surface area contributed by atoms with E-state index in [2.05, 4.69) is 19.1 Å². The summed E-state index contributed by atoms with van der Waals surface area (Å²) in [6.07, 6.45) is 0. The van der Waals surface area contributed by atoms with E-state index in [9.17, 15) is 4.79 Å². The van der Waals surface area contributed by atoms with E-state index in [1.54, 1.807) is 4.90 Å². The summed E-state index contributed by atoms with van der Waals surface area (Å²) in [5.74, 6) is 0.0947. The van der Waals surface area contributed by atoms with Crippen molar-refractivity contribution in [3.8, 4) is 0 Å². The first-order valence-electron chi connectivity index (χ1n) is 7.12. The van der Waals surface area contributed by atoms with Crippen LogP contribution in [0.2, 0.25) is 0 Å². The second-order valence-electron chi connectivity index (χ2n) is 5.39. The lowest BCUT2D eigenvalue weighted by Crippen LogP contribution is -2.36. The smallest absolute Gasteiger partial charge is 0.240 e. The highest BCUT2D eigenvalue weighted by atomic mass is 16.2. The van der Waals surface area contributed by atoms with Crippen LogP contribution in [0.4, 0.5) is 5.69 Å². The molecule has 0 bridgehead atoms. The van der Waals surface area contributed by atoms with Gasteiger partial charge in [0.2, 0.25) is 5.91 Å². The van der Waals surface area contributed by atoms with Crippen molar-refractivity contribution in [2.24, 2.45) is 0 Å². The van der Waals surface area contributed by atoms with Crippen LogP contribution in [-0.4, -0.2) is 31.4 Å². The Labute approximate surface area is 126 Å². The number of hydrogen-bond acceptors (Lipinski definition) is 2. The molecule has 2 rings (SSSR count). The summed E-state index contributed by atoms with van der Waals surface area (Å²) in [7, 11) is 3.79. The Kier molecular flexibility index (Phi) is 5.12.